The molecule has 1 aliphatic carbocycles. The second-order valence-corrected chi connectivity index (χ2v) is 5.73. The standard InChI is InChI=1S/C13H12ClF3N4O/c1-6-4-9(14)19-11-8(5-18-21(6)11)12(22)20-10(7-2-3-7)13(15,16)17/h4-5,7,10H,2-3H2,1H3,(H,20,22)/t10-/m0/s1. The lowest BCUT2D eigenvalue weighted by Crippen LogP contribution is -2.46. The number of amides is 1. The zero-order valence-electron chi connectivity index (χ0n) is 11.5. The summed E-state index contributed by atoms with van der Waals surface area (Å²) in [4.78, 5) is 16.2. The number of carbonyl (C=O) groups excluding carboxylic acids is 1. The summed E-state index contributed by atoms with van der Waals surface area (Å²) in [5.41, 5.74) is 0.739. The van der Waals surface area contributed by atoms with Gasteiger partial charge < -0.3 is 5.32 Å². The van der Waals surface area contributed by atoms with Crippen molar-refractivity contribution in [1.82, 2.24) is 19.9 Å². The Balaban J connectivity index is 1.92. The molecule has 1 fully saturated rings. The van der Waals surface area contributed by atoms with Gasteiger partial charge in [-0.25, -0.2) is 9.50 Å². The predicted molar refractivity (Wildman–Crippen MR) is 72.8 cm³/mol. The predicted octanol–water partition coefficient (Wildman–Crippen LogP) is 2.76. The summed E-state index contributed by atoms with van der Waals surface area (Å²) < 4.78 is 40.3. The molecule has 2 aromatic heterocycles. The molecule has 9 heteroatoms. The highest BCUT2D eigenvalue weighted by Crippen LogP contribution is 2.40. The lowest BCUT2D eigenvalue weighted by atomic mass is 10.1. The molecule has 1 N–H and O–H groups in total. The molecule has 1 atom stereocenters. The molecule has 3 rings (SSSR count). The summed E-state index contributed by atoms with van der Waals surface area (Å²) >= 11 is 5.83. The van der Waals surface area contributed by atoms with Crippen LogP contribution >= 0.6 is 11.6 Å². The van der Waals surface area contributed by atoms with Gasteiger partial charge in [-0.3, -0.25) is 4.79 Å². The van der Waals surface area contributed by atoms with E-state index in [1.54, 1.807) is 13.0 Å². The summed E-state index contributed by atoms with van der Waals surface area (Å²) in [7, 11) is 0. The van der Waals surface area contributed by atoms with Gasteiger partial charge in [-0.1, -0.05) is 11.6 Å². The number of hydrogen-bond donors (Lipinski definition) is 1. The van der Waals surface area contributed by atoms with Crippen molar-refractivity contribution < 1.29 is 18.0 Å². The average Bonchev–Trinajstić information content (AvgIpc) is 3.13. The van der Waals surface area contributed by atoms with Gasteiger partial charge in [0.25, 0.3) is 5.91 Å². The van der Waals surface area contributed by atoms with E-state index in [1.165, 1.54) is 10.7 Å². The van der Waals surface area contributed by atoms with Crippen LogP contribution in [-0.4, -0.2) is 32.7 Å². The molecule has 2 aromatic rings. The highest BCUT2D eigenvalue weighted by Gasteiger charge is 2.49. The lowest BCUT2D eigenvalue weighted by molar-refractivity contribution is -0.158. The average molecular weight is 333 g/mol. The van der Waals surface area contributed by atoms with Gasteiger partial charge in [-0.15, -0.1) is 0 Å². The molecule has 1 aliphatic rings. The second kappa shape index (κ2) is 5.12. The van der Waals surface area contributed by atoms with Crippen LogP contribution in [0.15, 0.2) is 12.3 Å². The summed E-state index contributed by atoms with van der Waals surface area (Å²) in [6.07, 6.45) is -2.35. The fraction of sp³-hybridized carbons (Fsp3) is 0.462. The van der Waals surface area contributed by atoms with E-state index in [2.05, 4.69) is 15.4 Å². The Kier molecular flexibility index (Phi) is 3.51. The highest BCUT2D eigenvalue weighted by molar-refractivity contribution is 6.29. The number of rotatable bonds is 3. The highest BCUT2D eigenvalue weighted by atomic mass is 35.5. The Morgan fingerprint density at radius 1 is 1.50 bits per heavy atom. The minimum Gasteiger partial charge on any atom is -0.340 e. The third-order valence-electron chi connectivity index (χ3n) is 3.60. The van der Waals surface area contributed by atoms with E-state index in [4.69, 9.17) is 11.6 Å². The summed E-state index contributed by atoms with van der Waals surface area (Å²) in [6, 6.07) is -0.290. The molecule has 5 nitrogen and oxygen atoms in total. The fourth-order valence-corrected chi connectivity index (χ4v) is 2.59. The number of aromatic nitrogens is 3. The van der Waals surface area contributed by atoms with Crippen LogP contribution in [0.3, 0.4) is 0 Å². The molecular formula is C13H12ClF3N4O. The van der Waals surface area contributed by atoms with E-state index in [1.807, 2.05) is 0 Å². The van der Waals surface area contributed by atoms with Gasteiger partial charge in [0, 0.05) is 5.69 Å². The molecule has 2 heterocycles. The molecular weight excluding hydrogens is 321 g/mol. The van der Waals surface area contributed by atoms with E-state index < -0.39 is 24.0 Å². The Morgan fingerprint density at radius 2 is 2.18 bits per heavy atom. The van der Waals surface area contributed by atoms with Crippen LogP contribution in [0.25, 0.3) is 5.65 Å². The summed E-state index contributed by atoms with van der Waals surface area (Å²) in [6.45, 7) is 1.71. The third-order valence-corrected chi connectivity index (χ3v) is 3.79. The first-order valence-corrected chi connectivity index (χ1v) is 7.03. The van der Waals surface area contributed by atoms with Crippen molar-refractivity contribution in [3.05, 3.63) is 28.7 Å². The Bertz CT molecular complexity index is 739. The Hall–Kier alpha value is -1.83. The number of nitrogens with one attached hydrogen (secondary N) is 1. The number of fused-ring (bicyclic) bond motifs is 1. The number of nitrogens with zero attached hydrogens (tertiary/aromatic N) is 3. The first-order valence-electron chi connectivity index (χ1n) is 6.66. The van der Waals surface area contributed by atoms with Crippen LogP contribution in [0.4, 0.5) is 13.2 Å². The maximum atomic E-state index is 13.0. The second-order valence-electron chi connectivity index (χ2n) is 5.34. The van der Waals surface area contributed by atoms with Crippen molar-refractivity contribution in [3.63, 3.8) is 0 Å². The van der Waals surface area contributed by atoms with E-state index in [9.17, 15) is 18.0 Å². The number of halogens is 4. The fourth-order valence-electron chi connectivity index (χ4n) is 2.35. The van der Waals surface area contributed by atoms with E-state index >= 15 is 0 Å². The first kappa shape index (κ1) is 15.1. The number of aryl methyl sites for hydroxylation is 1. The van der Waals surface area contributed by atoms with Gasteiger partial charge in [-0.05, 0) is 31.7 Å². The maximum absolute atomic E-state index is 13.0. The Morgan fingerprint density at radius 3 is 2.77 bits per heavy atom. The molecule has 22 heavy (non-hydrogen) atoms. The van der Waals surface area contributed by atoms with Crippen molar-refractivity contribution in [2.75, 3.05) is 0 Å². The molecule has 0 radical (unpaired) electrons. The largest absolute Gasteiger partial charge is 0.408 e. The number of alkyl halides is 3. The molecule has 1 saturated carbocycles. The number of hydrogen-bond acceptors (Lipinski definition) is 3. The van der Waals surface area contributed by atoms with Crippen LogP contribution in [0.1, 0.15) is 28.9 Å². The number of carbonyl (C=O) groups is 1. The summed E-state index contributed by atoms with van der Waals surface area (Å²) in [5, 5.41) is 6.16. The van der Waals surface area contributed by atoms with Gasteiger partial charge >= 0.3 is 6.18 Å². The van der Waals surface area contributed by atoms with E-state index in [-0.39, 0.29) is 16.4 Å². The van der Waals surface area contributed by atoms with Crippen LogP contribution in [0.2, 0.25) is 5.15 Å². The van der Waals surface area contributed by atoms with Crippen LogP contribution in [-0.2, 0) is 0 Å². The minimum atomic E-state index is -4.47. The molecule has 0 unspecified atom stereocenters. The third kappa shape index (κ3) is 2.75. The zero-order chi connectivity index (χ0) is 16.1. The lowest BCUT2D eigenvalue weighted by Gasteiger charge is -2.20. The quantitative estimate of drug-likeness (QED) is 0.879. The molecule has 0 spiro atoms. The van der Waals surface area contributed by atoms with Crippen molar-refractivity contribution in [2.45, 2.75) is 32.0 Å². The summed E-state index contributed by atoms with van der Waals surface area (Å²) in [5.74, 6) is -1.40. The van der Waals surface area contributed by atoms with Gasteiger partial charge in [0.2, 0.25) is 0 Å². The minimum absolute atomic E-state index is 0.0273. The van der Waals surface area contributed by atoms with Gasteiger partial charge in [0.05, 0.1) is 6.20 Å². The van der Waals surface area contributed by atoms with Crippen LogP contribution in [0.5, 0.6) is 0 Å². The van der Waals surface area contributed by atoms with Crippen LogP contribution in [0, 0.1) is 12.8 Å². The SMILES string of the molecule is Cc1cc(Cl)nc2c(C(=O)N[C@@H](C3CC3)C(F)(F)F)cnn12. The van der Waals surface area contributed by atoms with Crippen molar-refractivity contribution >= 4 is 23.2 Å². The first-order chi connectivity index (χ1) is 10.3. The van der Waals surface area contributed by atoms with E-state index in [0.29, 0.717) is 18.5 Å². The van der Waals surface area contributed by atoms with Crippen molar-refractivity contribution in [3.8, 4) is 0 Å². The van der Waals surface area contributed by atoms with Gasteiger partial charge in [0.15, 0.2) is 5.65 Å². The topological polar surface area (TPSA) is 59.3 Å². The zero-order valence-corrected chi connectivity index (χ0v) is 12.2. The van der Waals surface area contributed by atoms with Crippen LogP contribution < -0.4 is 5.32 Å². The molecule has 0 aliphatic heterocycles. The molecule has 0 aromatic carbocycles. The molecule has 0 bridgehead atoms. The smallest absolute Gasteiger partial charge is 0.340 e. The molecule has 1 amide bonds. The molecule has 0 saturated heterocycles. The maximum Gasteiger partial charge on any atom is 0.408 e. The monoisotopic (exact) mass is 332 g/mol. The molecule has 118 valence electrons. The normalized spacial score (nSPS) is 16.8. The van der Waals surface area contributed by atoms with Gasteiger partial charge in [0.1, 0.15) is 16.8 Å². The van der Waals surface area contributed by atoms with Crippen molar-refractivity contribution in [1.29, 1.82) is 0 Å². The van der Waals surface area contributed by atoms with E-state index in [0.717, 1.165) is 0 Å². The van der Waals surface area contributed by atoms with Crippen molar-refractivity contribution in [2.24, 2.45) is 5.92 Å². The Labute approximate surface area is 128 Å². The van der Waals surface area contributed by atoms with Gasteiger partial charge in [-0.2, -0.15) is 18.3 Å².